The van der Waals surface area contributed by atoms with Crippen LogP contribution in [0.2, 0.25) is 0 Å². The Morgan fingerprint density at radius 3 is 2.26 bits per heavy atom. The zero-order valence-electron chi connectivity index (χ0n) is 17.4. The molecule has 2 aromatic rings. The predicted molar refractivity (Wildman–Crippen MR) is 114 cm³/mol. The molecular weight excluding hydrogens is 392 g/mol. The largest absolute Gasteiger partial charge is 0.378 e. The molecule has 7 nitrogen and oxygen atoms in total. The fourth-order valence-corrected chi connectivity index (χ4v) is 3.89. The van der Waals surface area contributed by atoms with Gasteiger partial charge in [0.25, 0.3) is 5.91 Å². The van der Waals surface area contributed by atoms with E-state index in [1.807, 2.05) is 36.4 Å². The number of nitriles is 2. The van der Waals surface area contributed by atoms with Crippen LogP contribution in [0.15, 0.2) is 48.5 Å². The monoisotopic (exact) mass is 416 g/mol. The van der Waals surface area contributed by atoms with Gasteiger partial charge in [0.1, 0.15) is 6.04 Å². The van der Waals surface area contributed by atoms with Crippen LogP contribution in [0.5, 0.6) is 0 Å². The number of rotatable bonds is 7. The molecule has 1 atom stereocenters. The number of benzene rings is 2. The van der Waals surface area contributed by atoms with E-state index in [2.05, 4.69) is 22.4 Å². The molecule has 0 saturated carbocycles. The van der Waals surface area contributed by atoms with Gasteiger partial charge in [0.05, 0.1) is 37.0 Å². The summed E-state index contributed by atoms with van der Waals surface area (Å²) in [5, 5.41) is 21.3. The molecule has 0 radical (unpaired) electrons. The zero-order valence-corrected chi connectivity index (χ0v) is 17.4. The van der Waals surface area contributed by atoms with E-state index in [9.17, 15) is 10.1 Å². The minimum atomic E-state index is -0.899. The van der Waals surface area contributed by atoms with Crippen molar-refractivity contribution in [2.45, 2.75) is 24.1 Å². The summed E-state index contributed by atoms with van der Waals surface area (Å²) in [5.74, 6) is -0.243. The summed E-state index contributed by atoms with van der Waals surface area (Å²) in [5.41, 5.74) is 2.72. The first-order chi connectivity index (χ1) is 15.1. The second-order valence-corrected chi connectivity index (χ2v) is 8.04. The maximum Gasteiger partial charge on any atom is 0.255 e. The normalized spacial score (nSPS) is 18.7. The van der Waals surface area contributed by atoms with Crippen molar-refractivity contribution in [3.8, 4) is 23.3 Å². The van der Waals surface area contributed by atoms with Gasteiger partial charge in [0.15, 0.2) is 5.60 Å². The lowest BCUT2D eigenvalue weighted by Crippen LogP contribution is -2.74. The molecule has 1 amide bonds. The van der Waals surface area contributed by atoms with Crippen molar-refractivity contribution in [1.29, 1.82) is 10.5 Å². The van der Waals surface area contributed by atoms with Crippen LogP contribution in [0, 0.1) is 22.7 Å². The van der Waals surface area contributed by atoms with E-state index in [0.29, 0.717) is 44.3 Å². The van der Waals surface area contributed by atoms with Gasteiger partial charge < -0.3 is 14.8 Å². The van der Waals surface area contributed by atoms with Crippen molar-refractivity contribution in [3.63, 3.8) is 0 Å². The van der Waals surface area contributed by atoms with Gasteiger partial charge in [-0.25, -0.2) is 0 Å². The van der Waals surface area contributed by atoms with E-state index in [-0.39, 0.29) is 5.91 Å². The Labute approximate surface area is 181 Å². The van der Waals surface area contributed by atoms with Gasteiger partial charge >= 0.3 is 0 Å². The molecule has 2 saturated heterocycles. The van der Waals surface area contributed by atoms with Crippen LogP contribution in [-0.4, -0.2) is 61.9 Å². The van der Waals surface area contributed by atoms with E-state index < -0.39 is 11.6 Å². The Bertz CT molecular complexity index is 1010. The summed E-state index contributed by atoms with van der Waals surface area (Å²) in [7, 11) is 1.54. The summed E-state index contributed by atoms with van der Waals surface area (Å²) in [6.07, 6.45) is 0.413. The first kappa shape index (κ1) is 21.0. The second kappa shape index (κ2) is 8.87. The van der Waals surface area contributed by atoms with Crippen LogP contribution >= 0.6 is 0 Å². The van der Waals surface area contributed by atoms with Crippen LogP contribution in [0.1, 0.15) is 11.1 Å². The van der Waals surface area contributed by atoms with Gasteiger partial charge in [0.2, 0.25) is 0 Å². The molecule has 0 aliphatic carbocycles. The predicted octanol–water partition coefficient (Wildman–Crippen LogP) is 1.88. The summed E-state index contributed by atoms with van der Waals surface area (Å²) in [4.78, 5) is 15.0. The SMILES string of the molecule is COC1(C(=O)N[C@H](C#N)Cc2ccc(-c3ccc(C#N)cc3)cc2)CN(C2COC2)C1. The number of hydrogen-bond acceptors (Lipinski definition) is 6. The van der Waals surface area contributed by atoms with Crippen LogP contribution in [0.3, 0.4) is 0 Å². The molecule has 2 aliphatic rings. The molecule has 4 rings (SSSR count). The second-order valence-electron chi connectivity index (χ2n) is 8.04. The Morgan fingerprint density at radius 1 is 1.16 bits per heavy atom. The highest BCUT2D eigenvalue weighted by molar-refractivity contribution is 5.87. The van der Waals surface area contributed by atoms with Crippen molar-refractivity contribution in [2.24, 2.45) is 0 Å². The average Bonchev–Trinajstić information content (AvgIpc) is 2.74. The summed E-state index contributed by atoms with van der Waals surface area (Å²) >= 11 is 0. The van der Waals surface area contributed by atoms with Crippen molar-refractivity contribution < 1.29 is 14.3 Å². The first-order valence-corrected chi connectivity index (χ1v) is 10.2. The number of amides is 1. The van der Waals surface area contributed by atoms with Gasteiger partial charge in [-0.1, -0.05) is 36.4 Å². The molecule has 2 aromatic carbocycles. The van der Waals surface area contributed by atoms with E-state index in [4.69, 9.17) is 14.7 Å². The maximum absolute atomic E-state index is 12.8. The number of ether oxygens (including phenoxy) is 2. The Balaban J connectivity index is 1.35. The molecule has 2 heterocycles. The number of carbonyl (C=O) groups is 1. The quantitative estimate of drug-likeness (QED) is 0.740. The van der Waals surface area contributed by atoms with E-state index in [0.717, 1.165) is 16.7 Å². The number of hydrogen-bond donors (Lipinski definition) is 1. The number of nitrogens with one attached hydrogen (secondary N) is 1. The van der Waals surface area contributed by atoms with Gasteiger partial charge in [-0.3, -0.25) is 9.69 Å². The van der Waals surface area contributed by atoms with Crippen molar-refractivity contribution in [3.05, 3.63) is 59.7 Å². The highest BCUT2D eigenvalue weighted by atomic mass is 16.5. The summed E-state index contributed by atoms with van der Waals surface area (Å²) < 4.78 is 10.7. The third kappa shape index (κ3) is 4.30. The molecule has 31 heavy (non-hydrogen) atoms. The third-order valence-electron chi connectivity index (χ3n) is 6.06. The maximum atomic E-state index is 12.8. The topological polar surface area (TPSA) is 98.4 Å². The molecule has 0 spiro atoms. The fourth-order valence-electron chi connectivity index (χ4n) is 3.89. The Morgan fingerprint density at radius 2 is 1.77 bits per heavy atom. The number of carbonyl (C=O) groups excluding carboxylic acids is 1. The smallest absolute Gasteiger partial charge is 0.255 e. The first-order valence-electron chi connectivity index (χ1n) is 10.2. The van der Waals surface area contributed by atoms with Gasteiger partial charge in [-0.15, -0.1) is 0 Å². The molecule has 7 heteroatoms. The minimum absolute atomic E-state index is 0.243. The number of methoxy groups -OCH3 is 1. The van der Waals surface area contributed by atoms with E-state index in [1.165, 1.54) is 7.11 Å². The van der Waals surface area contributed by atoms with E-state index >= 15 is 0 Å². The van der Waals surface area contributed by atoms with Gasteiger partial charge in [-0.2, -0.15) is 10.5 Å². The third-order valence-corrected chi connectivity index (χ3v) is 6.06. The number of likely N-dealkylation sites (tertiary alicyclic amines) is 1. The molecule has 0 unspecified atom stereocenters. The Kier molecular flexibility index (Phi) is 6.01. The molecule has 1 N–H and O–H groups in total. The minimum Gasteiger partial charge on any atom is -0.378 e. The lowest BCUT2D eigenvalue weighted by molar-refractivity contribution is -0.190. The lowest BCUT2D eigenvalue weighted by atomic mass is 9.89. The van der Waals surface area contributed by atoms with Gasteiger partial charge in [0, 0.05) is 26.6 Å². The molecule has 158 valence electrons. The van der Waals surface area contributed by atoms with Crippen LogP contribution < -0.4 is 5.32 Å². The molecule has 0 aromatic heterocycles. The fraction of sp³-hybridized carbons (Fsp3) is 0.375. The standard InChI is InChI=1S/C24H24N4O3/c1-30-24(15-28(16-24)22-13-31-14-22)23(29)27-21(12-26)10-17-2-6-19(7-3-17)20-8-4-18(11-25)5-9-20/h2-9,21-22H,10,13-16H2,1H3,(H,27,29)/t21-/m0/s1. The van der Waals surface area contributed by atoms with E-state index in [1.54, 1.807) is 12.1 Å². The summed E-state index contributed by atoms with van der Waals surface area (Å²) in [6.45, 7) is 2.42. The van der Waals surface area contributed by atoms with Crippen molar-refractivity contribution in [1.82, 2.24) is 10.2 Å². The zero-order chi connectivity index (χ0) is 21.8. The average molecular weight is 416 g/mol. The molecule has 2 fully saturated rings. The lowest BCUT2D eigenvalue weighted by Gasteiger charge is -2.52. The highest BCUT2D eigenvalue weighted by Crippen LogP contribution is 2.29. The van der Waals surface area contributed by atoms with Crippen LogP contribution in [0.25, 0.3) is 11.1 Å². The molecular formula is C24H24N4O3. The molecule has 0 bridgehead atoms. The highest BCUT2D eigenvalue weighted by Gasteiger charge is 2.53. The summed E-state index contributed by atoms with van der Waals surface area (Å²) in [6, 6.07) is 19.3. The van der Waals surface area contributed by atoms with Crippen molar-refractivity contribution >= 4 is 5.91 Å². The van der Waals surface area contributed by atoms with Gasteiger partial charge in [-0.05, 0) is 28.8 Å². The van der Waals surface area contributed by atoms with Crippen LogP contribution in [-0.2, 0) is 20.7 Å². The van der Waals surface area contributed by atoms with Crippen LogP contribution in [0.4, 0.5) is 0 Å². The Hall–Kier alpha value is -3.23. The van der Waals surface area contributed by atoms with Crippen molar-refractivity contribution in [2.75, 3.05) is 33.4 Å². The molecule has 2 aliphatic heterocycles. The number of nitrogens with zero attached hydrogens (tertiary/aromatic N) is 3.